The second kappa shape index (κ2) is 6.78. The van der Waals surface area contributed by atoms with Crippen molar-refractivity contribution in [3.8, 4) is 0 Å². The summed E-state index contributed by atoms with van der Waals surface area (Å²) in [6, 6.07) is 3.29. The lowest BCUT2D eigenvalue weighted by molar-refractivity contribution is -0.384. The van der Waals surface area contributed by atoms with Crippen molar-refractivity contribution in [3.05, 3.63) is 22.2 Å². The van der Waals surface area contributed by atoms with Crippen molar-refractivity contribution in [2.45, 2.75) is 39.2 Å². The molecule has 0 fully saturated rings. The van der Waals surface area contributed by atoms with Gasteiger partial charge in [-0.1, -0.05) is 20.3 Å². The Balaban J connectivity index is 2.99. The molecule has 0 aliphatic rings. The van der Waals surface area contributed by atoms with E-state index < -0.39 is 4.92 Å². The molecule has 0 radical (unpaired) electrons. The summed E-state index contributed by atoms with van der Waals surface area (Å²) in [5, 5.41) is 17.0. The van der Waals surface area contributed by atoms with Gasteiger partial charge in [0, 0.05) is 19.2 Å². The Labute approximate surface area is 107 Å². The topological polar surface area (TPSA) is 80.1 Å². The normalized spacial score (nSPS) is 11.9. The first-order valence-electron chi connectivity index (χ1n) is 6.22. The van der Waals surface area contributed by atoms with E-state index >= 15 is 0 Å². The monoisotopic (exact) mass is 252 g/mol. The fourth-order valence-electron chi connectivity index (χ4n) is 1.76. The Morgan fingerprint density at radius 2 is 2.17 bits per heavy atom. The van der Waals surface area contributed by atoms with Crippen LogP contribution in [0.4, 0.5) is 17.3 Å². The highest BCUT2D eigenvalue weighted by Gasteiger charge is 2.18. The fraction of sp³-hybridized carbons (Fsp3) is 0.583. The van der Waals surface area contributed by atoms with Crippen molar-refractivity contribution in [1.82, 2.24) is 4.98 Å². The summed E-state index contributed by atoms with van der Waals surface area (Å²) in [4.78, 5) is 14.8. The molecule has 0 bridgehead atoms. The minimum absolute atomic E-state index is 0.0172. The number of nitro groups is 1. The molecule has 0 aromatic carbocycles. The van der Waals surface area contributed by atoms with Crippen molar-refractivity contribution in [3.63, 3.8) is 0 Å². The molecule has 1 atom stereocenters. The van der Waals surface area contributed by atoms with E-state index in [1.165, 1.54) is 6.07 Å². The lowest BCUT2D eigenvalue weighted by Crippen LogP contribution is -2.19. The first kappa shape index (κ1) is 14.2. The molecule has 100 valence electrons. The van der Waals surface area contributed by atoms with Crippen molar-refractivity contribution < 1.29 is 4.92 Å². The van der Waals surface area contributed by atoms with E-state index in [2.05, 4.69) is 29.5 Å². The second-order valence-electron chi connectivity index (χ2n) is 4.11. The highest BCUT2D eigenvalue weighted by atomic mass is 16.6. The lowest BCUT2D eigenvalue weighted by atomic mass is 10.1. The van der Waals surface area contributed by atoms with Crippen LogP contribution in [0.25, 0.3) is 0 Å². The van der Waals surface area contributed by atoms with Gasteiger partial charge in [0.2, 0.25) is 5.82 Å². The number of aromatic nitrogens is 1. The van der Waals surface area contributed by atoms with Crippen LogP contribution in [0.15, 0.2) is 12.1 Å². The molecule has 1 unspecified atom stereocenters. The summed E-state index contributed by atoms with van der Waals surface area (Å²) in [6.07, 6.45) is 2.92. The van der Waals surface area contributed by atoms with Gasteiger partial charge in [0.05, 0.1) is 4.92 Å². The molecule has 2 N–H and O–H groups in total. The first-order chi connectivity index (χ1) is 8.62. The van der Waals surface area contributed by atoms with Crippen molar-refractivity contribution in [1.29, 1.82) is 0 Å². The summed E-state index contributed by atoms with van der Waals surface area (Å²) in [5.41, 5.74) is 0.0172. The molecule has 6 heteroatoms. The van der Waals surface area contributed by atoms with Gasteiger partial charge in [-0.25, -0.2) is 4.98 Å². The number of pyridine rings is 1. The molecule has 1 aromatic heterocycles. The van der Waals surface area contributed by atoms with Crippen LogP contribution in [0, 0.1) is 10.1 Å². The van der Waals surface area contributed by atoms with Crippen LogP contribution in [0.2, 0.25) is 0 Å². The van der Waals surface area contributed by atoms with E-state index in [9.17, 15) is 10.1 Å². The molecule has 1 rings (SSSR count). The SMILES string of the molecule is CCCC(CC)Nc1nc(NC)ccc1[N+](=O)[O-]. The van der Waals surface area contributed by atoms with Crippen molar-refractivity contribution in [2.75, 3.05) is 17.7 Å². The zero-order chi connectivity index (χ0) is 13.5. The first-order valence-corrected chi connectivity index (χ1v) is 6.22. The Bertz CT molecular complexity index is 409. The number of rotatable bonds is 7. The molecule has 18 heavy (non-hydrogen) atoms. The molecule has 0 spiro atoms. The van der Waals surface area contributed by atoms with Gasteiger partial charge in [0.1, 0.15) is 5.82 Å². The molecular weight excluding hydrogens is 232 g/mol. The fourth-order valence-corrected chi connectivity index (χ4v) is 1.76. The van der Waals surface area contributed by atoms with E-state index in [-0.39, 0.29) is 11.7 Å². The average Bonchev–Trinajstić information content (AvgIpc) is 2.37. The molecular formula is C12H20N4O2. The quantitative estimate of drug-likeness (QED) is 0.576. The summed E-state index contributed by atoms with van der Waals surface area (Å²) in [5.74, 6) is 0.960. The third-order valence-corrected chi connectivity index (χ3v) is 2.80. The van der Waals surface area contributed by atoms with Gasteiger partial charge in [-0.05, 0) is 18.9 Å². The Morgan fingerprint density at radius 3 is 2.67 bits per heavy atom. The van der Waals surface area contributed by atoms with Crippen LogP contribution in [-0.4, -0.2) is 23.0 Å². The molecule has 1 heterocycles. The smallest absolute Gasteiger partial charge is 0.311 e. The summed E-state index contributed by atoms with van der Waals surface area (Å²) < 4.78 is 0. The second-order valence-corrected chi connectivity index (χ2v) is 4.11. The van der Waals surface area contributed by atoms with Crippen LogP contribution in [0.3, 0.4) is 0 Å². The number of anilines is 2. The van der Waals surface area contributed by atoms with Crippen LogP contribution < -0.4 is 10.6 Å². The van der Waals surface area contributed by atoms with Crippen LogP contribution in [-0.2, 0) is 0 Å². The number of hydrogen-bond acceptors (Lipinski definition) is 5. The maximum atomic E-state index is 11.0. The van der Waals surface area contributed by atoms with Crippen molar-refractivity contribution in [2.24, 2.45) is 0 Å². The third kappa shape index (κ3) is 3.58. The van der Waals surface area contributed by atoms with E-state index in [1.807, 2.05) is 0 Å². The van der Waals surface area contributed by atoms with E-state index in [0.717, 1.165) is 19.3 Å². The molecule has 6 nitrogen and oxygen atoms in total. The van der Waals surface area contributed by atoms with Gasteiger partial charge in [-0.15, -0.1) is 0 Å². The standard InChI is InChI=1S/C12H20N4O2/c1-4-6-9(5-2)14-12-10(16(17)18)7-8-11(13-3)15-12/h7-9H,4-6H2,1-3H3,(H2,13,14,15). The Hall–Kier alpha value is -1.85. The predicted octanol–water partition coefficient (Wildman–Crippen LogP) is 3.02. The van der Waals surface area contributed by atoms with Gasteiger partial charge < -0.3 is 10.6 Å². The summed E-state index contributed by atoms with van der Waals surface area (Å²) >= 11 is 0. The zero-order valence-corrected chi connectivity index (χ0v) is 11.1. The lowest BCUT2D eigenvalue weighted by Gasteiger charge is -2.17. The van der Waals surface area contributed by atoms with Gasteiger partial charge in [0.15, 0.2) is 0 Å². The van der Waals surface area contributed by atoms with Crippen LogP contribution in [0.1, 0.15) is 33.1 Å². The Morgan fingerprint density at radius 1 is 1.44 bits per heavy atom. The summed E-state index contributed by atoms with van der Waals surface area (Å²) in [7, 11) is 1.74. The molecule has 0 amide bonds. The number of nitrogens with one attached hydrogen (secondary N) is 2. The van der Waals surface area contributed by atoms with Gasteiger partial charge in [-0.2, -0.15) is 0 Å². The van der Waals surface area contributed by atoms with E-state index in [1.54, 1.807) is 13.1 Å². The molecule has 1 aromatic rings. The van der Waals surface area contributed by atoms with E-state index in [4.69, 9.17) is 0 Å². The van der Waals surface area contributed by atoms with Crippen LogP contribution >= 0.6 is 0 Å². The Kier molecular flexibility index (Phi) is 5.35. The van der Waals surface area contributed by atoms with Crippen molar-refractivity contribution >= 4 is 17.3 Å². The highest BCUT2D eigenvalue weighted by molar-refractivity contribution is 5.60. The minimum Gasteiger partial charge on any atom is -0.373 e. The number of nitrogens with zero attached hydrogens (tertiary/aromatic N) is 2. The maximum absolute atomic E-state index is 11.0. The highest BCUT2D eigenvalue weighted by Crippen LogP contribution is 2.25. The molecule has 0 aliphatic heterocycles. The molecule has 0 saturated heterocycles. The van der Waals surface area contributed by atoms with Gasteiger partial charge >= 0.3 is 5.69 Å². The molecule has 0 aliphatic carbocycles. The summed E-state index contributed by atoms with van der Waals surface area (Å²) in [6.45, 7) is 4.15. The minimum atomic E-state index is -0.409. The van der Waals surface area contributed by atoms with Crippen LogP contribution in [0.5, 0.6) is 0 Å². The molecule has 0 saturated carbocycles. The van der Waals surface area contributed by atoms with Gasteiger partial charge in [0.25, 0.3) is 0 Å². The van der Waals surface area contributed by atoms with Gasteiger partial charge in [-0.3, -0.25) is 10.1 Å². The largest absolute Gasteiger partial charge is 0.373 e. The van der Waals surface area contributed by atoms with E-state index in [0.29, 0.717) is 11.6 Å². The third-order valence-electron chi connectivity index (χ3n) is 2.80. The maximum Gasteiger partial charge on any atom is 0.311 e. The number of hydrogen-bond donors (Lipinski definition) is 2. The average molecular weight is 252 g/mol. The zero-order valence-electron chi connectivity index (χ0n) is 11.1. The predicted molar refractivity (Wildman–Crippen MR) is 73.0 cm³/mol.